The van der Waals surface area contributed by atoms with Crippen LogP contribution in [-0.4, -0.2) is 5.91 Å². The summed E-state index contributed by atoms with van der Waals surface area (Å²) in [5, 5.41) is 2.87. The van der Waals surface area contributed by atoms with Gasteiger partial charge in [-0.1, -0.05) is 23.8 Å². The highest BCUT2D eigenvalue weighted by Gasteiger charge is 2.09. The van der Waals surface area contributed by atoms with Crippen molar-refractivity contribution in [3.63, 3.8) is 0 Å². The number of nitrogens with two attached hydrogens (primary N) is 1. The number of amides is 1. The Morgan fingerprint density at radius 1 is 1.30 bits per heavy atom. The third-order valence-corrected chi connectivity index (χ3v) is 3.05. The SMILES string of the molecule is Cc1ccc(CNC(=O)c2coc(CN)c2)c(C)c1.Cl. The van der Waals surface area contributed by atoms with E-state index in [1.807, 2.05) is 19.1 Å². The average molecular weight is 295 g/mol. The van der Waals surface area contributed by atoms with Crippen LogP contribution < -0.4 is 11.1 Å². The van der Waals surface area contributed by atoms with Gasteiger partial charge in [-0.15, -0.1) is 12.4 Å². The number of carbonyl (C=O) groups is 1. The quantitative estimate of drug-likeness (QED) is 0.911. The maximum absolute atomic E-state index is 11.9. The van der Waals surface area contributed by atoms with E-state index in [1.54, 1.807) is 6.07 Å². The lowest BCUT2D eigenvalue weighted by Crippen LogP contribution is -2.22. The number of benzene rings is 1. The first-order valence-corrected chi connectivity index (χ1v) is 6.22. The molecule has 0 aliphatic heterocycles. The molecule has 4 nitrogen and oxygen atoms in total. The molecule has 1 aromatic heterocycles. The van der Waals surface area contributed by atoms with Crippen LogP contribution in [0.4, 0.5) is 0 Å². The second-order valence-corrected chi connectivity index (χ2v) is 4.62. The van der Waals surface area contributed by atoms with Crippen molar-refractivity contribution in [2.24, 2.45) is 5.73 Å². The monoisotopic (exact) mass is 294 g/mol. The summed E-state index contributed by atoms with van der Waals surface area (Å²) in [7, 11) is 0. The lowest BCUT2D eigenvalue weighted by Gasteiger charge is -2.07. The van der Waals surface area contributed by atoms with Gasteiger partial charge in [0.1, 0.15) is 12.0 Å². The van der Waals surface area contributed by atoms with Gasteiger partial charge in [0.05, 0.1) is 12.1 Å². The van der Waals surface area contributed by atoms with Gasteiger partial charge < -0.3 is 15.5 Å². The van der Waals surface area contributed by atoms with E-state index in [4.69, 9.17) is 10.2 Å². The minimum Gasteiger partial charge on any atom is -0.467 e. The third-order valence-electron chi connectivity index (χ3n) is 3.05. The fraction of sp³-hybridized carbons (Fsp3) is 0.267. The zero-order valence-corrected chi connectivity index (χ0v) is 12.4. The number of aryl methyl sites for hydroxylation is 2. The maximum atomic E-state index is 11.9. The number of furan rings is 1. The van der Waals surface area contributed by atoms with E-state index in [-0.39, 0.29) is 18.3 Å². The zero-order chi connectivity index (χ0) is 13.8. The van der Waals surface area contributed by atoms with Crippen LogP contribution in [-0.2, 0) is 13.1 Å². The minimum atomic E-state index is -0.150. The molecule has 0 aliphatic rings. The summed E-state index contributed by atoms with van der Waals surface area (Å²) in [5.74, 6) is 0.458. The molecule has 0 bridgehead atoms. The Morgan fingerprint density at radius 3 is 2.65 bits per heavy atom. The molecule has 0 radical (unpaired) electrons. The second-order valence-electron chi connectivity index (χ2n) is 4.62. The highest BCUT2D eigenvalue weighted by atomic mass is 35.5. The van der Waals surface area contributed by atoms with Crippen LogP contribution in [0, 0.1) is 13.8 Å². The molecule has 0 spiro atoms. The van der Waals surface area contributed by atoms with Gasteiger partial charge in [0.15, 0.2) is 0 Å². The van der Waals surface area contributed by atoms with E-state index in [1.165, 1.54) is 17.4 Å². The molecule has 20 heavy (non-hydrogen) atoms. The van der Waals surface area contributed by atoms with Crippen LogP contribution in [0.3, 0.4) is 0 Å². The molecule has 108 valence electrons. The fourth-order valence-electron chi connectivity index (χ4n) is 1.93. The van der Waals surface area contributed by atoms with Crippen molar-refractivity contribution in [3.8, 4) is 0 Å². The second kappa shape index (κ2) is 7.12. The van der Waals surface area contributed by atoms with Crippen LogP contribution >= 0.6 is 12.4 Å². The number of hydrogen-bond acceptors (Lipinski definition) is 3. The molecule has 1 amide bonds. The van der Waals surface area contributed by atoms with E-state index in [9.17, 15) is 4.79 Å². The lowest BCUT2D eigenvalue weighted by atomic mass is 10.1. The standard InChI is InChI=1S/C15H18N2O2.ClH/c1-10-3-4-12(11(2)5-10)8-17-15(18)13-6-14(7-16)19-9-13;/h3-6,9H,7-8,16H2,1-2H3,(H,17,18);1H. The molecule has 0 atom stereocenters. The number of rotatable bonds is 4. The third kappa shape index (κ3) is 3.85. The van der Waals surface area contributed by atoms with Crippen molar-refractivity contribution in [2.45, 2.75) is 26.9 Å². The van der Waals surface area contributed by atoms with Gasteiger partial charge in [0, 0.05) is 6.54 Å². The van der Waals surface area contributed by atoms with Crippen LogP contribution in [0.25, 0.3) is 0 Å². The number of halogens is 1. The first-order valence-electron chi connectivity index (χ1n) is 6.22. The minimum absolute atomic E-state index is 0. The van der Waals surface area contributed by atoms with E-state index in [0.717, 1.165) is 5.56 Å². The molecule has 3 N–H and O–H groups in total. The van der Waals surface area contributed by atoms with Crippen molar-refractivity contribution in [3.05, 3.63) is 58.5 Å². The fourth-order valence-corrected chi connectivity index (χ4v) is 1.93. The largest absolute Gasteiger partial charge is 0.467 e. The highest BCUT2D eigenvalue weighted by molar-refractivity contribution is 5.93. The lowest BCUT2D eigenvalue weighted by molar-refractivity contribution is 0.0950. The van der Waals surface area contributed by atoms with E-state index < -0.39 is 0 Å². The van der Waals surface area contributed by atoms with E-state index >= 15 is 0 Å². The molecule has 0 fully saturated rings. The van der Waals surface area contributed by atoms with Gasteiger partial charge in [-0.3, -0.25) is 4.79 Å². The van der Waals surface area contributed by atoms with Gasteiger partial charge in [-0.2, -0.15) is 0 Å². The van der Waals surface area contributed by atoms with Crippen molar-refractivity contribution >= 4 is 18.3 Å². The molecule has 2 rings (SSSR count). The number of hydrogen-bond donors (Lipinski definition) is 2. The number of nitrogens with one attached hydrogen (secondary N) is 1. The van der Waals surface area contributed by atoms with Crippen molar-refractivity contribution < 1.29 is 9.21 Å². The highest BCUT2D eigenvalue weighted by Crippen LogP contribution is 2.11. The molecular formula is C15H19ClN2O2. The summed E-state index contributed by atoms with van der Waals surface area (Å²) in [6.07, 6.45) is 1.43. The van der Waals surface area contributed by atoms with Gasteiger partial charge in [-0.05, 0) is 31.0 Å². The molecule has 1 heterocycles. The Labute approximate surface area is 124 Å². The molecule has 0 saturated carbocycles. The van der Waals surface area contributed by atoms with Crippen LogP contribution in [0.2, 0.25) is 0 Å². The Bertz CT molecular complexity index is 593. The maximum Gasteiger partial charge on any atom is 0.254 e. The van der Waals surface area contributed by atoms with Gasteiger partial charge in [0.25, 0.3) is 5.91 Å². The summed E-state index contributed by atoms with van der Waals surface area (Å²) >= 11 is 0. The van der Waals surface area contributed by atoms with Crippen LogP contribution in [0.1, 0.15) is 32.8 Å². The zero-order valence-electron chi connectivity index (χ0n) is 11.6. The Kier molecular flexibility index (Phi) is 5.80. The smallest absolute Gasteiger partial charge is 0.254 e. The molecule has 0 unspecified atom stereocenters. The molecule has 2 aromatic rings. The molecule has 0 aliphatic carbocycles. The van der Waals surface area contributed by atoms with Crippen molar-refractivity contribution in [2.75, 3.05) is 0 Å². The van der Waals surface area contributed by atoms with Crippen LogP contribution in [0.5, 0.6) is 0 Å². The molecule has 5 heteroatoms. The topological polar surface area (TPSA) is 68.3 Å². The van der Waals surface area contributed by atoms with Gasteiger partial charge >= 0.3 is 0 Å². The summed E-state index contributed by atoms with van der Waals surface area (Å²) in [6.45, 7) is 4.90. The van der Waals surface area contributed by atoms with E-state index in [2.05, 4.69) is 18.3 Å². The van der Waals surface area contributed by atoms with E-state index in [0.29, 0.717) is 24.4 Å². The molecule has 0 saturated heterocycles. The predicted octanol–water partition coefficient (Wildman–Crippen LogP) is 2.71. The van der Waals surface area contributed by atoms with Crippen molar-refractivity contribution in [1.29, 1.82) is 0 Å². The first-order chi connectivity index (χ1) is 9.10. The summed E-state index contributed by atoms with van der Waals surface area (Å²) in [5.41, 5.74) is 9.45. The Balaban J connectivity index is 0.00000200. The predicted molar refractivity (Wildman–Crippen MR) is 80.9 cm³/mol. The van der Waals surface area contributed by atoms with Crippen LogP contribution in [0.15, 0.2) is 34.9 Å². The average Bonchev–Trinajstić information content (AvgIpc) is 2.86. The first kappa shape index (κ1) is 16.3. The van der Waals surface area contributed by atoms with Gasteiger partial charge in [0.2, 0.25) is 0 Å². The Hall–Kier alpha value is -1.78. The Morgan fingerprint density at radius 2 is 2.05 bits per heavy atom. The normalized spacial score (nSPS) is 9.95. The van der Waals surface area contributed by atoms with Gasteiger partial charge in [-0.25, -0.2) is 0 Å². The summed E-state index contributed by atoms with van der Waals surface area (Å²) in [6, 6.07) is 7.84. The number of carbonyl (C=O) groups excluding carboxylic acids is 1. The molecular weight excluding hydrogens is 276 g/mol. The summed E-state index contributed by atoms with van der Waals surface area (Å²) < 4.78 is 5.14. The molecule has 1 aromatic carbocycles. The summed E-state index contributed by atoms with van der Waals surface area (Å²) in [4.78, 5) is 11.9. The van der Waals surface area contributed by atoms with Crippen molar-refractivity contribution in [1.82, 2.24) is 5.32 Å².